The van der Waals surface area contributed by atoms with Crippen molar-refractivity contribution in [2.45, 2.75) is 113 Å². The topological polar surface area (TPSA) is 96.2 Å². The molecule has 0 aromatic rings. The Bertz CT molecular complexity index is 437. The van der Waals surface area contributed by atoms with Crippen LogP contribution in [0.25, 0.3) is 0 Å². The van der Waals surface area contributed by atoms with Crippen LogP contribution >= 0.6 is 0 Å². The molecule has 5 N–H and O–H groups in total. The van der Waals surface area contributed by atoms with Gasteiger partial charge in [0.25, 0.3) is 0 Å². The third-order valence-electron chi connectivity index (χ3n) is 4.12. The average Bonchev–Trinajstić information content (AvgIpc) is 2.75. The van der Waals surface area contributed by atoms with E-state index in [0.29, 0.717) is 25.9 Å². The molecule has 2 atom stereocenters. The Morgan fingerprint density at radius 1 is 0.967 bits per heavy atom. The molecule has 0 rings (SSSR count). The molecule has 0 fully saturated rings. The third-order valence-corrected chi connectivity index (χ3v) is 4.12. The summed E-state index contributed by atoms with van der Waals surface area (Å²) in [7, 11) is 0. The van der Waals surface area contributed by atoms with Gasteiger partial charge in [0.15, 0.2) is 0 Å². The van der Waals surface area contributed by atoms with Gasteiger partial charge in [-0.25, -0.2) is 0 Å². The molecule has 2 unspecified atom stereocenters. The van der Waals surface area contributed by atoms with Gasteiger partial charge in [0.2, 0.25) is 11.8 Å². The van der Waals surface area contributed by atoms with E-state index in [9.17, 15) is 9.59 Å². The highest BCUT2D eigenvalue weighted by Gasteiger charge is 2.25. The molecule has 0 aromatic carbocycles. The summed E-state index contributed by atoms with van der Waals surface area (Å²) in [5.74, 6) is 0.253. The number of hydrogen-bond donors (Lipinski definition) is 4. The second kappa shape index (κ2) is 23.7. The summed E-state index contributed by atoms with van der Waals surface area (Å²) in [4.78, 5) is 24.7. The molecule has 0 radical (unpaired) electrons. The summed E-state index contributed by atoms with van der Waals surface area (Å²) < 4.78 is 0. The smallest absolute Gasteiger partial charge is 0.242 e. The summed E-state index contributed by atoms with van der Waals surface area (Å²) in [6, 6.07) is -0.472. The molecule has 0 heterocycles. The van der Waals surface area contributed by atoms with Gasteiger partial charge < -0.3 is 21.7 Å². The van der Waals surface area contributed by atoms with Crippen molar-refractivity contribution in [2.75, 3.05) is 13.1 Å². The largest absolute Gasteiger partial charge is 0.376 e. The number of allylic oxidation sites excluding steroid dienone is 1. The summed E-state index contributed by atoms with van der Waals surface area (Å²) in [6.07, 6.45) is 6.56. The van der Waals surface area contributed by atoms with E-state index >= 15 is 0 Å². The molecule has 0 aliphatic carbocycles. The van der Waals surface area contributed by atoms with Gasteiger partial charge in [-0.1, -0.05) is 68.4 Å². The first-order valence-corrected chi connectivity index (χ1v) is 12.1. The molecule has 0 bridgehead atoms. The Hall–Kier alpha value is -1.56. The minimum absolute atomic E-state index is 0.00954. The standard InChI is InChI=1S/C20H40N4O2.2C2H6/c1-6-10-16(19(15(4)5)24-18(25)11-7-2)23-17(12-9-13-21)20(26)22-14-8-3;2*1-2/h10,15,17,19,23H,6-9,11-14,21H2,1-5H3,(H,22,26)(H,24,25);2*1-2H3/b16-10-;;. The predicted molar refractivity (Wildman–Crippen MR) is 131 cm³/mol. The molecule has 0 saturated carbocycles. The zero-order chi connectivity index (χ0) is 23.9. The molecule has 0 saturated heterocycles. The first-order chi connectivity index (χ1) is 14.4. The number of carbonyl (C=O) groups excluding carboxylic acids is 2. The van der Waals surface area contributed by atoms with E-state index in [4.69, 9.17) is 5.73 Å². The van der Waals surface area contributed by atoms with E-state index in [1.807, 2.05) is 41.5 Å². The summed E-state index contributed by atoms with van der Waals surface area (Å²) in [6.45, 7) is 19.4. The quantitative estimate of drug-likeness (QED) is 0.327. The van der Waals surface area contributed by atoms with Crippen LogP contribution in [0, 0.1) is 5.92 Å². The van der Waals surface area contributed by atoms with Crippen molar-refractivity contribution in [3.05, 3.63) is 11.8 Å². The normalized spacial score (nSPS) is 12.6. The van der Waals surface area contributed by atoms with Crippen LogP contribution in [-0.2, 0) is 9.59 Å². The minimum atomic E-state index is -0.341. The van der Waals surface area contributed by atoms with E-state index in [1.54, 1.807) is 0 Å². The van der Waals surface area contributed by atoms with E-state index in [-0.39, 0.29) is 29.8 Å². The minimum Gasteiger partial charge on any atom is -0.376 e. The van der Waals surface area contributed by atoms with E-state index < -0.39 is 0 Å². The lowest BCUT2D eigenvalue weighted by Gasteiger charge is -2.30. The lowest BCUT2D eigenvalue weighted by Crippen LogP contribution is -2.50. The van der Waals surface area contributed by atoms with E-state index in [1.165, 1.54) is 0 Å². The lowest BCUT2D eigenvalue weighted by atomic mass is 9.98. The summed E-state index contributed by atoms with van der Waals surface area (Å²) in [5.41, 5.74) is 6.56. The summed E-state index contributed by atoms with van der Waals surface area (Å²) >= 11 is 0. The fraction of sp³-hybridized carbons (Fsp3) is 0.833. The monoisotopic (exact) mass is 428 g/mol. The van der Waals surface area contributed by atoms with Crippen LogP contribution in [0.2, 0.25) is 0 Å². The van der Waals surface area contributed by atoms with Crippen LogP contribution in [0.15, 0.2) is 11.8 Å². The number of amides is 2. The van der Waals surface area contributed by atoms with E-state index in [2.05, 4.69) is 42.8 Å². The molecule has 30 heavy (non-hydrogen) atoms. The van der Waals surface area contributed by atoms with Crippen molar-refractivity contribution in [2.24, 2.45) is 11.7 Å². The fourth-order valence-electron chi connectivity index (χ4n) is 2.74. The second-order valence-corrected chi connectivity index (χ2v) is 7.03. The molecular weight excluding hydrogens is 376 g/mol. The van der Waals surface area contributed by atoms with Crippen LogP contribution in [0.5, 0.6) is 0 Å². The van der Waals surface area contributed by atoms with Gasteiger partial charge in [-0.15, -0.1) is 0 Å². The predicted octanol–water partition coefficient (Wildman–Crippen LogP) is 4.50. The number of nitrogens with one attached hydrogen (secondary N) is 3. The zero-order valence-electron chi connectivity index (χ0n) is 21.4. The molecule has 6 heteroatoms. The van der Waals surface area contributed by atoms with Crippen LogP contribution in [0.1, 0.15) is 101 Å². The third kappa shape index (κ3) is 16.3. The average molecular weight is 429 g/mol. The van der Waals surface area contributed by atoms with Gasteiger partial charge in [0.05, 0.1) is 6.04 Å². The zero-order valence-corrected chi connectivity index (χ0v) is 21.4. The highest BCUT2D eigenvalue weighted by atomic mass is 16.2. The Labute approximate surface area is 187 Å². The molecule has 0 aromatic heterocycles. The Kier molecular flexibility index (Phi) is 26.2. The van der Waals surface area contributed by atoms with Crippen LogP contribution in [0.4, 0.5) is 0 Å². The molecule has 180 valence electrons. The maximum atomic E-state index is 12.5. The van der Waals surface area contributed by atoms with Crippen LogP contribution in [0.3, 0.4) is 0 Å². The maximum absolute atomic E-state index is 12.5. The van der Waals surface area contributed by atoms with Crippen molar-refractivity contribution in [3.63, 3.8) is 0 Å². The maximum Gasteiger partial charge on any atom is 0.242 e. The Morgan fingerprint density at radius 3 is 2.00 bits per heavy atom. The van der Waals surface area contributed by atoms with Crippen LogP contribution in [-0.4, -0.2) is 37.0 Å². The summed E-state index contributed by atoms with van der Waals surface area (Å²) in [5, 5.41) is 9.49. The van der Waals surface area contributed by atoms with Crippen molar-refractivity contribution < 1.29 is 9.59 Å². The van der Waals surface area contributed by atoms with Crippen molar-refractivity contribution in [3.8, 4) is 0 Å². The second-order valence-electron chi connectivity index (χ2n) is 7.03. The SMILES string of the molecule is CC.CC.CC/C=C(\NC(CCCN)C(=O)NCCC)C(NC(=O)CCC)C(C)C. The number of nitrogens with two attached hydrogens (primary N) is 1. The van der Waals surface area contributed by atoms with Gasteiger partial charge in [-0.05, 0) is 44.6 Å². The Balaban J connectivity index is -0.00000171. The van der Waals surface area contributed by atoms with Crippen molar-refractivity contribution in [1.82, 2.24) is 16.0 Å². The highest BCUT2D eigenvalue weighted by Crippen LogP contribution is 2.14. The van der Waals surface area contributed by atoms with Crippen LogP contribution < -0.4 is 21.7 Å². The van der Waals surface area contributed by atoms with E-state index in [0.717, 1.165) is 31.4 Å². The van der Waals surface area contributed by atoms with Gasteiger partial charge in [-0.2, -0.15) is 0 Å². The van der Waals surface area contributed by atoms with Gasteiger partial charge in [0.1, 0.15) is 6.04 Å². The van der Waals surface area contributed by atoms with Gasteiger partial charge in [-0.3, -0.25) is 9.59 Å². The Morgan fingerprint density at radius 2 is 1.57 bits per heavy atom. The molecule has 2 amide bonds. The highest BCUT2D eigenvalue weighted by molar-refractivity contribution is 5.82. The molecule has 0 aliphatic rings. The van der Waals surface area contributed by atoms with Crippen molar-refractivity contribution in [1.29, 1.82) is 0 Å². The molecule has 6 nitrogen and oxygen atoms in total. The van der Waals surface area contributed by atoms with Crippen molar-refractivity contribution >= 4 is 11.8 Å². The number of hydrogen-bond acceptors (Lipinski definition) is 4. The molecular formula is C24H52N4O2. The number of rotatable bonds is 14. The number of carbonyl (C=O) groups is 2. The fourth-order valence-corrected chi connectivity index (χ4v) is 2.74. The molecule has 0 aliphatic heterocycles. The van der Waals surface area contributed by atoms with Gasteiger partial charge >= 0.3 is 0 Å². The molecule has 0 spiro atoms. The first kappa shape index (κ1) is 33.1. The first-order valence-electron chi connectivity index (χ1n) is 12.1. The van der Waals surface area contributed by atoms with Gasteiger partial charge in [0, 0.05) is 18.7 Å². The lowest BCUT2D eigenvalue weighted by molar-refractivity contribution is -0.123.